The van der Waals surface area contributed by atoms with E-state index in [4.69, 9.17) is 9.47 Å². The first-order valence-corrected chi connectivity index (χ1v) is 10.4. The Kier molecular flexibility index (Phi) is 4.99. The number of hydrogen-bond donors (Lipinski definition) is 2. The van der Waals surface area contributed by atoms with E-state index in [0.29, 0.717) is 25.4 Å². The van der Waals surface area contributed by atoms with Crippen LogP contribution in [0.5, 0.6) is 5.75 Å². The minimum Gasteiger partial charge on any atom is -0.491 e. The minimum atomic E-state index is -0.505. The molecule has 2 fully saturated rings. The van der Waals surface area contributed by atoms with Crippen LogP contribution in [0.2, 0.25) is 0 Å². The molecular weight excluding hydrogens is 366 g/mol. The number of fused-ring (bicyclic) bond motifs is 3. The van der Waals surface area contributed by atoms with Crippen LogP contribution in [0.25, 0.3) is 21.9 Å². The van der Waals surface area contributed by atoms with Crippen molar-refractivity contribution < 1.29 is 14.6 Å². The first-order valence-electron chi connectivity index (χ1n) is 10.4. The standard InChI is InChI=1S/C23H27N3O3/c1-15-23(10-24-25-15)18-3-2-17-9-20(5-4-16(17)8-18)28-14-19(27)11-26-12-21-6-7-22(13-26)29-21/h2-5,8-10,19,21-22,27H,6-7,11-14H2,1H3,(H,24,25)/t19?,21-,22+. The number of aryl methyl sites for hydroxylation is 1. The van der Waals surface area contributed by atoms with Crippen molar-refractivity contribution in [2.75, 3.05) is 26.2 Å². The number of aromatic amines is 1. The zero-order valence-corrected chi connectivity index (χ0v) is 16.7. The molecule has 6 heteroatoms. The van der Waals surface area contributed by atoms with E-state index in [0.717, 1.165) is 59.3 Å². The first kappa shape index (κ1) is 18.6. The highest BCUT2D eigenvalue weighted by Crippen LogP contribution is 2.29. The lowest BCUT2D eigenvalue weighted by molar-refractivity contribution is -0.0528. The summed E-state index contributed by atoms with van der Waals surface area (Å²) in [5, 5.41) is 19.8. The maximum Gasteiger partial charge on any atom is 0.120 e. The fraction of sp³-hybridized carbons (Fsp3) is 0.435. The van der Waals surface area contributed by atoms with E-state index < -0.39 is 6.10 Å². The molecule has 3 aromatic rings. The maximum atomic E-state index is 10.4. The lowest BCUT2D eigenvalue weighted by atomic mass is 10.0. The van der Waals surface area contributed by atoms with Crippen LogP contribution in [0, 0.1) is 6.92 Å². The average molecular weight is 393 g/mol. The minimum absolute atomic E-state index is 0.296. The number of aliphatic hydroxyl groups is 1. The predicted octanol–water partition coefficient (Wildman–Crippen LogP) is 3.14. The van der Waals surface area contributed by atoms with Crippen molar-refractivity contribution in [3.8, 4) is 16.9 Å². The molecule has 152 valence electrons. The van der Waals surface area contributed by atoms with Crippen LogP contribution in [-0.4, -0.2) is 64.8 Å². The third-order valence-electron chi connectivity index (χ3n) is 5.98. The molecule has 29 heavy (non-hydrogen) atoms. The van der Waals surface area contributed by atoms with Crippen molar-refractivity contribution in [1.82, 2.24) is 15.1 Å². The topological polar surface area (TPSA) is 70.6 Å². The quantitative estimate of drug-likeness (QED) is 0.673. The van der Waals surface area contributed by atoms with Crippen LogP contribution >= 0.6 is 0 Å². The Hall–Kier alpha value is -2.41. The normalized spacial score (nSPS) is 22.8. The SMILES string of the molecule is Cc1[nH]ncc1-c1ccc2cc(OCC(O)CN3C[C@H]4CC[C@@H](C3)O4)ccc2c1. The molecular formula is C23H27N3O3. The molecule has 2 aromatic carbocycles. The molecule has 2 aliphatic heterocycles. The molecule has 6 nitrogen and oxygen atoms in total. The zero-order valence-electron chi connectivity index (χ0n) is 16.7. The number of aromatic nitrogens is 2. The van der Waals surface area contributed by atoms with E-state index in [1.54, 1.807) is 0 Å². The van der Waals surface area contributed by atoms with Gasteiger partial charge in [0.2, 0.25) is 0 Å². The van der Waals surface area contributed by atoms with E-state index in [9.17, 15) is 5.11 Å². The van der Waals surface area contributed by atoms with Gasteiger partial charge in [-0.15, -0.1) is 0 Å². The van der Waals surface area contributed by atoms with Gasteiger partial charge in [0, 0.05) is 30.9 Å². The molecule has 3 atom stereocenters. The Morgan fingerprint density at radius 3 is 2.69 bits per heavy atom. The van der Waals surface area contributed by atoms with E-state index in [1.165, 1.54) is 0 Å². The van der Waals surface area contributed by atoms with E-state index in [2.05, 4.69) is 39.4 Å². The fourth-order valence-electron chi connectivity index (χ4n) is 4.51. The second-order valence-electron chi connectivity index (χ2n) is 8.27. The van der Waals surface area contributed by atoms with Crippen LogP contribution in [-0.2, 0) is 4.74 Å². The van der Waals surface area contributed by atoms with Crippen LogP contribution in [0.15, 0.2) is 42.6 Å². The largest absolute Gasteiger partial charge is 0.491 e. The summed E-state index contributed by atoms with van der Waals surface area (Å²) < 4.78 is 11.7. The zero-order chi connectivity index (χ0) is 19.8. The van der Waals surface area contributed by atoms with E-state index >= 15 is 0 Å². The summed E-state index contributed by atoms with van der Waals surface area (Å²) in [6.45, 7) is 4.79. The van der Waals surface area contributed by atoms with Crippen LogP contribution in [0.3, 0.4) is 0 Å². The molecule has 0 spiro atoms. The van der Waals surface area contributed by atoms with Crippen LogP contribution in [0.4, 0.5) is 0 Å². The number of aliphatic hydroxyl groups excluding tert-OH is 1. The fourth-order valence-corrected chi connectivity index (χ4v) is 4.51. The van der Waals surface area contributed by atoms with Crippen molar-refractivity contribution in [3.05, 3.63) is 48.3 Å². The Labute approximate surface area is 170 Å². The molecule has 2 bridgehead atoms. The molecule has 1 aromatic heterocycles. The third-order valence-corrected chi connectivity index (χ3v) is 5.98. The number of ether oxygens (including phenoxy) is 2. The number of hydrogen-bond acceptors (Lipinski definition) is 5. The molecule has 2 saturated heterocycles. The summed E-state index contributed by atoms with van der Waals surface area (Å²) in [5.41, 5.74) is 3.32. The van der Waals surface area contributed by atoms with Gasteiger partial charge in [-0.05, 0) is 54.3 Å². The Bertz CT molecular complexity index is 990. The molecule has 5 rings (SSSR count). The Morgan fingerprint density at radius 1 is 1.17 bits per heavy atom. The average Bonchev–Trinajstić information content (AvgIpc) is 3.30. The van der Waals surface area contributed by atoms with Gasteiger partial charge in [0.25, 0.3) is 0 Å². The lowest BCUT2D eigenvalue weighted by Gasteiger charge is -2.33. The number of rotatable bonds is 6. The van der Waals surface area contributed by atoms with Gasteiger partial charge in [-0.1, -0.05) is 18.2 Å². The summed E-state index contributed by atoms with van der Waals surface area (Å²) in [5.74, 6) is 0.783. The molecule has 0 amide bonds. The molecule has 2 N–H and O–H groups in total. The van der Waals surface area contributed by atoms with Crippen molar-refractivity contribution in [3.63, 3.8) is 0 Å². The van der Waals surface area contributed by atoms with Gasteiger partial charge in [-0.3, -0.25) is 10.00 Å². The van der Waals surface area contributed by atoms with Gasteiger partial charge in [0.1, 0.15) is 18.5 Å². The molecule has 3 heterocycles. The molecule has 0 saturated carbocycles. The molecule has 1 unspecified atom stereocenters. The second kappa shape index (κ2) is 7.78. The highest BCUT2D eigenvalue weighted by atomic mass is 16.5. The van der Waals surface area contributed by atoms with Gasteiger partial charge < -0.3 is 14.6 Å². The summed E-state index contributed by atoms with van der Waals surface area (Å²) in [6, 6.07) is 12.4. The van der Waals surface area contributed by atoms with Gasteiger partial charge in [-0.25, -0.2) is 0 Å². The van der Waals surface area contributed by atoms with Crippen molar-refractivity contribution in [2.24, 2.45) is 0 Å². The number of benzene rings is 2. The highest BCUT2D eigenvalue weighted by molar-refractivity contribution is 5.88. The second-order valence-corrected chi connectivity index (χ2v) is 8.27. The van der Waals surface area contributed by atoms with Crippen LogP contribution in [0.1, 0.15) is 18.5 Å². The van der Waals surface area contributed by atoms with E-state index in [-0.39, 0.29) is 0 Å². The number of nitrogens with zero attached hydrogens (tertiary/aromatic N) is 2. The van der Waals surface area contributed by atoms with Gasteiger partial charge in [0.05, 0.1) is 18.4 Å². The van der Waals surface area contributed by atoms with Gasteiger partial charge in [0.15, 0.2) is 0 Å². The molecule has 0 aliphatic carbocycles. The number of likely N-dealkylation sites (tertiary alicyclic amines) is 1. The maximum absolute atomic E-state index is 10.4. The smallest absolute Gasteiger partial charge is 0.120 e. The number of β-amino-alcohol motifs (C(OH)–C–C–N with tert-alkyl or cyclic N) is 1. The predicted molar refractivity (Wildman–Crippen MR) is 112 cm³/mol. The van der Waals surface area contributed by atoms with Crippen molar-refractivity contribution in [2.45, 2.75) is 38.1 Å². The molecule has 0 radical (unpaired) electrons. The van der Waals surface area contributed by atoms with Gasteiger partial charge in [-0.2, -0.15) is 5.10 Å². The summed E-state index contributed by atoms with van der Waals surface area (Å²) >= 11 is 0. The van der Waals surface area contributed by atoms with E-state index in [1.807, 2.05) is 25.3 Å². The third kappa shape index (κ3) is 4.01. The summed E-state index contributed by atoms with van der Waals surface area (Å²) in [6.07, 6.45) is 4.33. The highest BCUT2D eigenvalue weighted by Gasteiger charge is 2.34. The Balaban J connectivity index is 1.21. The summed E-state index contributed by atoms with van der Waals surface area (Å²) in [7, 11) is 0. The lowest BCUT2D eigenvalue weighted by Crippen LogP contribution is -2.46. The number of H-pyrrole nitrogens is 1. The molecule has 2 aliphatic rings. The van der Waals surface area contributed by atoms with Crippen LogP contribution < -0.4 is 4.74 Å². The first-order chi connectivity index (χ1) is 14.1. The number of nitrogens with one attached hydrogen (secondary N) is 1. The number of morpholine rings is 1. The van der Waals surface area contributed by atoms with Crippen molar-refractivity contribution in [1.29, 1.82) is 0 Å². The Morgan fingerprint density at radius 2 is 1.93 bits per heavy atom. The monoisotopic (exact) mass is 393 g/mol. The van der Waals surface area contributed by atoms with Crippen molar-refractivity contribution >= 4 is 10.8 Å². The van der Waals surface area contributed by atoms with Gasteiger partial charge >= 0.3 is 0 Å². The summed E-state index contributed by atoms with van der Waals surface area (Å²) in [4.78, 5) is 2.31.